The molecule has 1 atom stereocenters. The Balaban J connectivity index is 2.36. The van der Waals surface area contributed by atoms with E-state index in [9.17, 15) is 0 Å². The molecule has 0 aromatic heterocycles. The van der Waals surface area contributed by atoms with Gasteiger partial charge in [-0.3, -0.25) is 4.90 Å². The van der Waals surface area contributed by atoms with Gasteiger partial charge in [-0.05, 0) is 29.8 Å². The predicted molar refractivity (Wildman–Crippen MR) is 60.9 cm³/mol. The first kappa shape index (κ1) is 10.5. The van der Waals surface area contributed by atoms with Crippen LogP contribution in [0.25, 0.3) is 0 Å². The number of ether oxygens (including phenoxy) is 1. The maximum absolute atomic E-state index is 5.82. The lowest BCUT2D eigenvalue weighted by molar-refractivity contribution is 0.232. The summed E-state index contributed by atoms with van der Waals surface area (Å²) in [6.45, 7) is 4.90. The lowest BCUT2D eigenvalue weighted by Crippen LogP contribution is -2.27. The van der Waals surface area contributed by atoms with Crippen molar-refractivity contribution >= 4 is 0 Å². The van der Waals surface area contributed by atoms with Gasteiger partial charge in [0.1, 0.15) is 5.75 Å². The van der Waals surface area contributed by atoms with Crippen LogP contribution in [-0.2, 0) is 6.54 Å². The van der Waals surface area contributed by atoms with Crippen LogP contribution in [0.2, 0.25) is 0 Å². The number of hydrogen-bond acceptors (Lipinski definition) is 3. The second kappa shape index (κ2) is 4.21. The molecule has 0 amide bonds. The number of nitrogens with zero attached hydrogens (tertiary/aromatic N) is 1. The molecule has 0 radical (unpaired) electrons. The highest BCUT2D eigenvalue weighted by atomic mass is 16.5. The SMILES string of the molecule is CCN1Cc2ccc(OC)cc2C1CN. The molecular weight excluding hydrogens is 188 g/mol. The van der Waals surface area contributed by atoms with Gasteiger partial charge in [0, 0.05) is 19.1 Å². The Hall–Kier alpha value is -1.06. The summed E-state index contributed by atoms with van der Waals surface area (Å²) in [5.41, 5.74) is 8.54. The topological polar surface area (TPSA) is 38.5 Å². The van der Waals surface area contributed by atoms with Crippen molar-refractivity contribution in [3.8, 4) is 5.75 Å². The summed E-state index contributed by atoms with van der Waals surface area (Å²) in [5, 5.41) is 0. The third-order valence-corrected chi connectivity index (χ3v) is 3.16. The molecule has 0 bridgehead atoms. The average molecular weight is 206 g/mol. The lowest BCUT2D eigenvalue weighted by atomic mass is 10.0. The molecule has 3 nitrogen and oxygen atoms in total. The molecule has 0 saturated heterocycles. The highest BCUT2D eigenvalue weighted by Crippen LogP contribution is 2.34. The van der Waals surface area contributed by atoms with Gasteiger partial charge in [0.2, 0.25) is 0 Å². The second-order valence-electron chi connectivity index (χ2n) is 3.88. The summed E-state index contributed by atoms with van der Waals surface area (Å²) < 4.78 is 5.24. The van der Waals surface area contributed by atoms with Gasteiger partial charge in [-0.1, -0.05) is 13.0 Å². The van der Waals surface area contributed by atoms with E-state index in [1.807, 2.05) is 6.07 Å². The molecule has 82 valence electrons. The minimum Gasteiger partial charge on any atom is -0.497 e. The second-order valence-corrected chi connectivity index (χ2v) is 3.88. The zero-order valence-corrected chi connectivity index (χ0v) is 9.36. The normalized spacial score (nSPS) is 20.3. The first-order valence-corrected chi connectivity index (χ1v) is 5.41. The maximum atomic E-state index is 5.82. The molecule has 15 heavy (non-hydrogen) atoms. The van der Waals surface area contributed by atoms with E-state index in [4.69, 9.17) is 10.5 Å². The fraction of sp³-hybridized carbons (Fsp3) is 0.500. The Morgan fingerprint density at radius 3 is 2.93 bits per heavy atom. The van der Waals surface area contributed by atoms with E-state index in [0.717, 1.165) is 18.8 Å². The Kier molecular flexibility index (Phi) is 2.93. The van der Waals surface area contributed by atoms with Gasteiger partial charge in [-0.2, -0.15) is 0 Å². The molecular formula is C12H18N2O. The van der Waals surface area contributed by atoms with Crippen LogP contribution in [0, 0.1) is 0 Å². The number of fused-ring (bicyclic) bond motifs is 1. The predicted octanol–water partition coefficient (Wildman–Crippen LogP) is 1.53. The lowest BCUT2D eigenvalue weighted by Gasteiger charge is -2.21. The molecule has 0 spiro atoms. The van der Waals surface area contributed by atoms with Gasteiger partial charge in [0.25, 0.3) is 0 Å². The zero-order chi connectivity index (χ0) is 10.8. The molecule has 0 aliphatic carbocycles. The van der Waals surface area contributed by atoms with Gasteiger partial charge < -0.3 is 10.5 Å². The highest BCUT2D eigenvalue weighted by molar-refractivity contribution is 5.40. The zero-order valence-electron chi connectivity index (χ0n) is 9.36. The molecule has 3 heteroatoms. The van der Waals surface area contributed by atoms with Crippen LogP contribution >= 0.6 is 0 Å². The summed E-state index contributed by atoms with van der Waals surface area (Å²) in [7, 11) is 1.70. The van der Waals surface area contributed by atoms with Crippen molar-refractivity contribution in [1.29, 1.82) is 0 Å². The van der Waals surface area contributed by atoms with Crippen molar-refractivity contribution in [3.63, 3.8) is 0 Å². The Labute approximate surface area is 90.8 Å². The number of nitrogens with two attached hydrogens (primary N) is 1. The molecule has 1 aliphatic rings. The first-order valence-electron chi connectivity index (χ1n) is 5.41. The molecule has 1 aromatic rings. The number of hydrogen-bond donors (Lipinski definition) is 1. The maximum Gasteiger partial charge on any atom is 0.119 e. The third kappa shape index (κ3) is 1.73. The van der Waals surface area contributed by atoms with Crippen LogP contribution in [0.1, 0.15) is 24.1 Å². The van der Waals surface area contributed by atoms with Crippen LogP contribution in [0.5, 0.6) is 5.75 Å². The first-order chi connectivity index (χ1) is 7.30. The van der Waals surface area contributed by atoms with Gasteiger partial charge in [0.15, 0.2) is 0 Å². The van der Waals surface area contributed by atoms with Crippen molar-refractivity contribution in [2.24, 2.45) is 5.73 Å². The molecule has 1 unspecified atom stereocenters. The molecule has 1 aliphatic heterocycles. The molecule has 1 heterocycles. The molecule has 0 fully saturated rings. The van der Waals surface area contributed by atoms with Crippen LogP contribution in [0.15, 0.2) is 18.2 Å². The Morgan fingerprint density at radius 1 is 1.53 bits per heavy atom. The summed E-state index contributed by atoms with van der Waals surface area (Å²) in [6.07, 6.45) is 0. The highest BCUT2D eigenvalue weighted by Gasteiger charge is 2.27. The summed E-state index contributed by atoms with van der Waals surface area (Å²) >= 11 is 0. The van der Waals surface area contributed by atoms with Gasteiger partial charge in [0.05, 0.1) is 7.11 Å². The summed E-state index contributed by atoms with van der Waals surface area (Å²) in [6, 6.07) is 6.64. The van der Waals surface area contributed by atoms with E-state index in [1.54, 1.807) is 7.11 Å². The minimum atomic E-state index is 0.361. The molecule has 2 N–H and O–H groups in total. The van der Waals surface area contributed by atoms with E-state index < -0.39 is 0 Å². The van der Waals surface area contributed by atoms with Crippen molar-refractivity contribution in [2.75, 3.05) is 20.2 Å². The van der Waals surface area contributed by atoms with Gasteiger partial charge >= 0.3 is 0 Å². The Bertz CT molecular complexity index is 351. The van der Waals surface area contributed by atoms with E-state index in [-0.39, 0.29) is 0 Å². The van der Waals surface area contributed by atoms with Crippen molar-refractivity contribution in [1.82, 2.24) is 4.90 Å². The largest absolute Gasteiger partial charge is 0.497 e. The standard InChI is InChI=1S/C12H18N2O/c1-3-14-8-9-4-5-10(15-2)6-11(9)12(14)7-13/h4-6,12H,3,7-8,13H2,1-2H3. The molecule has 1 aromatic carbocycles. The Morgan fingerprint density at radius 2 is 2.33 bits per heavy atom. The van der Waals surface area contributed by atoms with Crippen LogP contribution < -0.4 is 10.5 Å². The van der Waals surface area contributed by atoms with Gasteiger partial charge in [-0.15, -0.1) is 0 Å². The van der Waals surface area contributed by atoms with Crippen molar-refractivity contribution < 1.29 is 4.74 Å². The minimum absolute atomic E-state index is 0.361. The number of likely N-dealkylation sites (N-methyl/N-ethyl adjacent to an activating group) is 1. The fourth-order valence-corrected chi connectivity index (χ4v) is 2.29. The third-order valence-electron chi connectivity index (χ3n) is 3.16. The van der Waals surface area contributed by atoms with E-state index in [0.29, 0.717) is 12.6 Å². The van der Waals surface area contributed by atoms with Crippen molar-refractivity contribution in [3.05, 3.63) is 29.3 Å². The quantitative estimate of drug-likeness (QED) is 0.815. The van der Waals surface area contributed by atoms with Crippen LogP contribution in [-0.4, -0.2) is 25.1 Å². The smallest absolute Gasteiger partial charge is 0.119 e. The van der Waals surface area contributed by atoms with Crippen molar-refractivity contribution in [2.45, 2.75) is 19.5 Å². The average Bonchev–Trinajstić information content (AvgIpc) is 2.65. The van der Waals surface area contributed by atoms with E-state index in [1.165, 1.54) is 11.1 Å². The number of methoxy groups -OCH3 is 1. The molecule has 2 rings (SSSR count). The fourth-order valence-electron chi connectivity index (χ4n) is 2.29. The van der Waals surface area contributed by atoms with E-state index >= 15 is 0 Å². The van der Waals surface area contributed by atoms with Crippen LogP contribution in [0.3, 0.4) is 0 Å². The monoisotopic (exact) mass is 206 g/mol. The van der Waals surface area contributed by atoms with Crippen LogP contribution in [0.4, 0.5) is 0 Å². The summed E-state index contributed by atoms with van der Waals surface area (Å²) in [4.78, 5) is 2.39. The van der Waals surface area contributed by atoms with Gasteiger partial charge in [-0.25, -0.2) is 0 Å². The number of benzene rings is 1. The van der Waals surface area contributed by atoms with E-state index in [2.05, 4.69) is 24.0 Å². The summed E-state index contributed by atoms with van der Waals surface area (Å²) in [5.74, 6) is 0.921. The number of rotatable bonds is 3. The molecule has 0 saturated carbocycles.